The molecule has 0 radical (unpaired) electrons. The summed E-state index contributed by atoms with van der Waals surface area (Å²) >= 11 is 0. The van der Waals surface area contributed by atoms with Gasteiger partial charge in [0.05, 0.1) is 6.61 Å². The van der Waals surface area contributed by atoms with E-state index in [-0.39, 0.29) is 5.54 Å². The first-order valence-corrected chi connectivity index (χ1v) is 8.01. The van der Waals surface area contributed by atoms with E-state index in [1.54, 1.807) is 7.11 Å². The van der Waals surface area contributed by atoms with Gasteiger partial charge in [-0.25, -0.2) is 0 Å². The van der Waals surface area contributed by atoms with Crippen LogP contribution in [0.4, 0.5) is 0 Å². The van der Waals surface area contributed by atoms with Gasteiger partial charge in [-0.2, -0.15) is 0 Å². The van der Waals surface area contributed by atoms with E-state index in [2.05, 4.69) is 25.8 Å². The number of ether oxygens (including phenoxy) is 1. The summed E-state index contributed by atoms with van der Waals surface area (Å²) in [4.78, 5) is 2.49. The molecule has 0 heterocycles. The van der Waals surface area contributed by atoms with Crippen LogP contribution in [0.25, 0.3) is 0 Å². The largest absolute Gasteiger partial charge is 0.383 e. The summed E-state index contributed by atoms with van der Waals surface area (Å²) in [7, 11) is 4.01. The molecule has 2 N–H and O–H groups in total. The van der Waals surface area contributed by atoms with Crippen LogP contribution in [0, 0.1) is 5.92 Å². The van der Waals surface area contributed by atoms with E-state index in [9.17, 15) is 0 Å². The summed E-state index contributed by atoms with van der Waals surface area (Å²) in [6.45, 7) is 6.11. The number of hydrogen-bond donors (Lipinski definition) is 1. The van der Waals surface area contributed by atoms with Gasteiger partial charge in [0.15, 0.2) is 0 Å². The molecule has 1 saturated carbocycles. The van der Waals surface area contributed by atoms with Crippen LogP contribution in [0.5, 0.6) is 0 Å². The normalized spacial score (nSPS) is 30.3. The zero-order chi connectivity index (χ0) is 14.3. The molecule has 0 amide bonds. The van der Waals surface area contributed by atoms with Crippen LogP contribution in [0.1, 0.15) is 58.8 Å². The van der Waals surface area contributed by atoms with Gasteiger partial charge >= 0.3 is 0 Å². The van der Waals surface area contributed by atoms with Crippen molar-refractivity contribution in [2.75, 3.05) is 27.3 Å². The molecule has 3 heteroatoms. The number of methoxy groups -OCH3 is 1. The Kier molecular flexibility index (Phi) is 7.33. The first-order chi connectivity index (χ1) is 9.09. The Morgan fingerprint density at radius 1 is 1.37 bits per heavy atom. The van der Waals surface area contributed by atoms with Crippen molar-refractivity contribution < 1.29 is 4.74 Å². The van der Waals surface area contributed by atoms with Gasteiger partial charge in [-0.05, 0) is 39.2 Å². The predicted molar refractivity (Wildman–Crippen MR) is 82.4 cm³/mol. The van der Waals surface area contributed by atoms with Crippen LogP contribution in [-0.4, -0.2) is 43.8 Å². The Morgan fingerprint density at radius 3 is 2.68 bits per heavy atom. The van der Waals surface area contributed by atoms with Gasteiger partial charge in [0, 0.05) is 25.2 Å². The van der Waals surface area contributed by atoms with Crippen molar-refractivity contribution in [1.29, 1.82) is 0 Å². The number of nitrogens with two attached hydrogens (primary N) is 1. The van der Waals surface area contributed by atoms with Crippen LogP contribution < -0.4 is 5.73 Å². The lowest BCUT2D eigenvalue weighted by molar-refractivity contribution is 0.0281. The molecule has 1 fully saturated rings. The zero-order valence-corrected chi connectivity index (χ0v) is 13.5. The van der Waals surface area contributed by atoms with Crippen molar-refractivity contribution in [1.82, 2.24) is 4.90 Å². The predicted octanol–water partition coefficient (Wildman–Crippen LogP) is 3.03. The average Bonchev–Trinajstić information content (AvgIpc) is 2.62. The summed E-state index contributed by atoms with van der Waals surface area (Å²) in [5.74, 6) is 0.921. The van der Waals surface area contributed by atoms with E-state index in [0.29, 0.717) is 6.04 Å². The highest BCUT2D eigenvalue weighted by molar-refractivity contribution is 4.94. The second-order valence-electron chi connectivity index (χ2n) is 6.43. The summed E-state index contributed by atoms with van der Waals surface area (Å²) in [5.41, 5.74) is 6.37. The van der Waals surface area contributed by atoms with Crippen molar-refractivity contribution in [3.63, 3.8) is 0 Å². The van der Waals surface area contributed by atoms with Crippen LogP contribution in [0.2, 0.25) is 0 Å². The Balaban J connectivity index is 2.68. The molecule has 3 atom stereocenters. The number of hydrogen-bond acceptors (Lipinski definition) is 3. The second kappa shape index (κ2) is 8.23. The Hall–Kier alpha value is -0.120. The van der Waals surface area contributed by atoms with Gasteiger partial charge in [-0.1, -0.05) is 32.6 Å². The highest BCUT2D eigenvalue weighted by atomic mass is 16.5. The van der Waals surface area contributed by atoms with Crippen molar-refractivity contribution >= 4 is 0 Å². The summed E-state index contributed by atoms with van der Waals surface area (Å²) < 4.78 is 5.31. The SMILES string of the molecule is CCCC1CCCC(CN)(N(C)C(C)COC)CC1. The smallest absolute Gasteiger partial charge is 0.0615 e. The minimum Gasteiger partial charge on any atom is -0.383 e. The van der Waals surface area contributed by atoms with Crippen LogP contribution in [0.3, 0.4) is 0 Å². The van der Waals surface area contributed by atoms with Crippen LogP contribution in [-0.2, 0) is 4.74 Å². The topological polar surface area (TPSA) is 38.5 Å². The Morgan fingerprint density at radius 2 is 2.11 bits per heavy atom. The molecule has 0 aliphatic heterocycles. The maximum Gasteiger partial charge on any atom is 0.0615 e. The van der Waals surface area contributed by atoms with E-state index in [1.165, 1.54) is 44.9 Å². The highest BCUT2D eigenvalue weighted by Gasteiger charge is 2.37. The summed E-state index contributed by atoms with van der Waals surface area (Å²) in [6, 6.07) is 0.441. The van der Waals surface area contributed by atoms with Gasteiger partial charge in [0.2, 0.25) is 0 Å². The minimum atomic E-state index is 0.195. The quantitative estimate of drug-likeness (QED) is 0.723. The van der Waals surface area contributed by atoms with Crippen molar-refractivity contribution in [2.24, 2.45) is 11.7 Å². The number of nitrogens with zero attached hydrogens (tertiary/aromatic N) is 1. The molecule has 0 spiro atoms. The van der Waals surface area contributed by atoms with Crippen LogP contribution in [0.15, 0.2) is 0 Å². The lowest BCUT2D eigenvalue weighted by atomic mass is 9.86. The van der Waals surface area contributed by atoms with Crippen molar-refractivity contribution in [3.05, 3.63) is 0 Å². The maximum absolute atomic E-state index is 6.18. The number of likely N-dealkylation sites (N-methyl/N-ethyl adjacent to an activating group) is 1. The molecule has 0 aromatic rings. The first-order valence-electron chi connectivity index (χ1n) is 8.01. The van der Waals surface area contributed by atoms with Crippen molar-refractivity contribution in [2.45, 2.75) is 70.4 Å². The third kappa shape index (κ3) is 4.44. The van der Waals surface area contributed by atoms with Gasteiger partial charge < -0.3 is 10.5 Å². The van der Waals surface area contributed by atoms with Gasteiger partial charge in [-0.3, -0.25) is 4.90 Å². The summed E-state index contributed by atoms with van der Waals surface area (Å²) in [6.07, 6.45) is 9.25. The molecule has 19 heavy (non-hydrogen) atoms. The van der Waals surface area contributed by atoms with Gasteiger partial charge in [0.1, 0.15) is 0 Å². The van der Waals surface area contributed by atoms with Gasteiger partial charge in [0.25, 0.3) is 0 Å². The molecule has 1 aliphatic carbocycles. The fourth-order valence-electron chi connectivity index (χ4n) is 3.68. The van der Waals surface area contributed by atoms with E-state index in [4.69, 9.17) is 10.5 Å². The van der Waals surface area contributed by atoms with E-state index < -0.39 is 0 Å². The molecule has 1 aliphatic rings. The van der Waals surface area contributed by atoms with Crippen molar-refractivity contribution in [3.8, 4) is 0 Å². The highest BCUT2D eigenvalue weighted by Crippen LogP contribution is 2.36. The minimum absolute atomic E-state index is 0.195. The zero-order valence-electron chi connectivity index (χ0n) is 13.5. The second-order valence-corrected chi connectivity index (χ2v) is 6.43. The molecule has 0 bridgehead atoms. The summed E-state index contributed by atoms with van der Waals surface area (Å²) in [5, 5.41) is 0. The van der Waals surface area contributed by atoms with Gasteiger partial charge in [-0.15, -0.1) is 0 Å². The first kappa shape index (κ1) is 16.9. The monoisotopic (exact) mass is 270 g/mol. The van der Waals surface area contributed by atoms with Crippen LogP contribution >= 0.6 is 0 Å². The molecular weight excluding hydrogens is 236 g/mol. The Bertz CT molecular complexity index is 247. The van der Waals surface area contributed by atoms with E-state index in [1.807, 2.05) is 0 Å². The molecule has 0 aromatic carbocycles. The molecule has 1 rings (SSSR count). The maximum atomic E-state index is 6.18. The number of rotatable bonds is 7. The molecule has 114 valence electrons. The molecule has 0 aromatic heterocycles. The third-order valence-electron chi connectivity index (χ3n) is 5.17. The molecular formula is C16H34N2O. The average molecular weight is 270 g/mol. The fraction of sp³-hybridized carbons (Fsp3) is 1.00. The van der Waals surface area contributed by atoms with E-state index >= 15 is 0 Å². The molecule has 3 unspecified atom stereocenters. The standard InChI is InChI=1S/C16H34N2O/c1-5-7-15-8-6-10-16(13-17,11-9-15)18(3)14(2)12-19-4/h14-15H,5-13,17H2,1-4H3. The fourth-order valence-corrected chi connectivity index (χ4v) is 3.68. The van der Waals surface area contributed by atoms with E-state index in [0.717, 1.165) is 19.1 Å². The molecule has 3 nitrogen and oxygen atoms in total. The third-order valence-corrected chi connectivity index (χ3v) is 5.17. The lowest BCUT2D eigenvalue weighted by Crippen LogP contribution is -2.56. The Labute approximate surface area is 119 Å². The molecule has 0 saturated heterocycles. The lowest BCUT2D eigenvalue weighted by Gasteiger charge is -2.44.